The van der Waals surface area contributed by atoms with Gasteiger partial charge in [-0.15, -0.1) is 0 Å². The smallest absolute Gasteiger partial charge is 0.416 e. The molecule has 38 heavy (non-hydrogen) atoms. The zero-order chi connectivity index (χ0) is 26.7. The van der Waals surface area contributed by atoms with E-state index in [1.165, 1.54) is 17.8 Å². The Balaban J connectivity index is 1.34. The fraction of sp³-hybridized carbons (Fsp3) is 0.367. The Kier molecular flexibility index (Phi) is 7.61. The second-order valence-corrected chi connectivity index (χ2v) is 10.1. The van der Waals surface area contributed by atoms with Gasteiger partial charge in [-0.2, -0.15) is 13.2 Å². The van der Waals surface area contributed by atoms with Gasteiger partial charge in [0.15, 0.2) is 0 Å². The van der Waals surface area contributed by atoms with Gasteiger partial charge >= 0.3 is 6.18 Å². The summed E-state index contributed by atoms with van der Waals surface area (Å²) in [5.41, 5.74) is 1.70. The van der Waals surface area contributed by atoms with Crippen LogP contribution in [0.3, 0.4) is 0 Å². The fourth-order valence-electron chi connectivity index (χ4n) is 5.64. The van der Waals surface area contributed by atoms with Crippen molar-refractivity contribution in [2.24, 2.45) is 5.92 Å². The van der Waals surface area contributed by atoms with Crippen molar-refractivity contribution in [1.29, 1.82) is 0 Å². The molecule has 0 N–H and O–H groups in total. The number of halogens is 3. The maximum Gasteiger partial charge on any atom is 0.416 e. The lowest BCUT2D eigenvalue weighted by atomic mass is 9.87. The first-order valence-corrected chi connectivity index (χ1v) is 12.9. The lowest BCUT2D eigenvalue weighted by molar-refractivity contribution is -0.137. The molecule has 2 saturated heterocycles. The topological polar surface area (TPSA) is 36.0 Å². The monoisotopic (exact) mass is 523 g/mol. The maximum absolute atomic E-state index is 13.5. The zero-order valence-corrected chi connectivity index (χ0v) is 21.4. The number of nitrogens with zero attached hydrogens (tertiary/aromatic N) is 3. The Morgan fingerprint density at radius 3 is 2.34 bits per heavy atom. The van der Waals surface area contributed by atoms with Crippen LogP contribution in [0, 0.1) is 5.92 Å². The van der Waals surface area contributed by atoms with E-state index in [0.717, 1.165) is 38.8 Å². The summed E-state index contributed by atoms with van der Waals surface area (Å²) in [6.45, 7) is 5.11. The highest BCUT2D eigenvalue weighted by Gasteiger charge is 2.39. The Labute approximate surface area is 221 Å². The van der Waals surface area contributed by atoms with Crippen molar-refractivity contribution in [2.75, 3.05) is 57.8 Å². The molecule has 0 spiro atoms. The first-order valence-electron chi connectivity index (χ1n) is 12.9. The van der Waals surface area contributed by atoms with Crippen LogP contribution in [0.15, 0.2) is 78.9 Å². The van der Waals surface area contributed by atoms with Crippen molar-refractivity contribution >= 4 is 11.6 Å². The maximum atomic E-state index is 13.5. The Bertz CT molecular complexity index is 1240. The number of methoxy groups -OCH3 is 1. The summed E-state index contributed by atoms with van der Waals surface area (Å²) >= 11 is 0. The predicted molar refractivity (Wildman–Crippen MR) is 142 cm³/mol. The number of rotatable bonds is 6. The second-order valence-electron chi connectivity index (χ2n) is 10.1. The minimum Gasteiger partial charge on any atom is -0.497 e. The number of likely N-dealkylation sites (tertiary alicyclic amines) is 1. The standard InChI is InChI=1S/C30H32F3N3O2/c1-38-27-12-6-8-23(18-27)29(37)36-20-24(28(21-36)22-7-5-9-25(17-22)30(31,32)33)19-34-13-15-35(16-14-34)26-10-3-2-4-11-26/h2-12,17-18,24,28H,13-16,19-21H2,1H3. The average molecular weight is 524 g/mol. The number of amides is 1. The molecule has 0 radical (unpaired) electrons. The third-order valence-corrected chi connectivity index (χ3v) is 7.67. The molecule has 2 unspecified atom stereocenters. The summed E-state index contributed by atoms with van der Waals surface area (Å²) in [5, 5.41) is 0. The Morgan fingerprint density at radius 2 is 1.63 bits per heavy atom. The highest BCUT2D eigenvalue weighted by Crippen LogP contribution is 2.37. The largest absolute Gasteiger partial charge is 0.497 e. The van der Waals surface area contributed by atoms with Gasteiger partial charge in [0.25, 0.3) is 5.91 Å². The first-order chi connectivity index (χ1) is 18.3. The number of carbonyl (C=O) groups excluding carboxylic acids is 1. The molecule has 0 aromatic heterocycles. The van der Waals surface area contributed by atoms with E-state index in [1.54, 1.807) is 42.3 Å². The first kappa shape index (κ1) is 26.1. The highest BCUT2D eigenvalue weighted by molar-refractivity contribution is 5.94. The molecular weight excluding hydrogens is 491 g/mol. The molecule has 0 bridgehead atoms. The van der Waals surface area contributed by atoms with Crippen LogP contribution in [-0.2, 0) is 6.18 Å². The average Bonchev–Trinajstić information content (AvgIpc) is 3.37. The van der Waals surface area contributed by atoms with Crippen molar-refractivity contribution in [3.05, 3.63) is 95.6 Å². The molecule has 0 aliphatic carbocycles. The molecule has 5 nitrogen and oxygen atoms in total. The summed E-state index contributed by atoms with van der Waals surface area (Å²) in [6.07, 6.45) is -4.41. The highest BCUT2D eigenvalue weighted by atomic mass is 19.4. The molecule has 2 fully saturated rings. The zero-order valence-electron chi connectivity index (χ0n) is 21.4. The van der Waals surface area contributed by atoms with Crippen molar-refractivity contribution in [3.8, 4) is 5.75 Å². The minimum absolute atomic E-state index is 0.0244. The summed E-state index contributed by atoms with van der Waals surface area (Å²) in [6, 6.07) is 22.9. The van der Waals surface area contributed by atoms with E-state index in [2.05, 4.69) is 21.9 Å². The summed E-state index contributed by atoms with van der Waals surface area (Å²) in [4.78, 5) is 19.9. The van der Waals surface area contributed by atoms with E-state index in [9.17, 15) is 18.0 Å². The number of hydrogen-bond donors (Lipinski definition) is 0. The number of piperazine rings is 1. The number of alkyl halides is 3. The van der Waals surface area contributed by atoms with Gasteiger partial charge in [0.2, 0.25) is 0 Å². The number of benzene rings is 3. The molecule has 3 aromatic carbocycles. The van der Waals surface area contributed by atoms with Gasteiger partial charge in [-0.3, -0.25) is 9.69 Å². The van der Waals surface area contributed by atoms with Gasteiger partial charge < -0.3 is 14.5 Å². The van der Waals surface area contributed by atoms with E-state index in [4.69, 9.17) is 4.74 Å². The van der Waals surface area contributed by atoms with Crippen LogP contribution in [0.5, 0.6) is 5.75 Å². The number of para-hydroxylation sites is 1. The fourth-order valence-corrected chi connectivity index (χ4v) is 5.64. The van der Waals surface area contributed by atoms with Crippen molar-refractivity contribution in [1.82, 2.24) is 9.80 Å². The van der Waals surface area contributed by atoms with E-state index < -0.39 is 11.7 Å². The van der Waals surface area contributed by atoms with Crippen LogP contribution >= 0.6 is 0 Å². The molecule has 2 atom stereocenters. The molecule has 2 aliphatic rings. The summed E-state index contributed by atoms with van der Waals surface area (Å²) < 4.78 is 45.8. The van der Waals surface area contributed by atoms with E-state index in [1.807, 2.05) is 18.2 Å². The minimum atomic E-state index is -4.41. The summed E-state index contributed by atoms with van der Waals surface area (Å²) in [5.74, 6) is 0.310. The lowest BCUT2D eigenvalue weighted by Gasteiger charge is -2.38. The number of anilines is 1. The van der Waals surface area contributed by atoms with Gasteiger partial charge in [0, 0.05) is 63.0 Å². The van der Waals surface area contributed by atoms with Gasteiger partial charge in [0.1, 0.15) is 5.75 Å². The van der Waals surface area contributed by atoms with E-state index in [-0.39, 0.29) is 17.7 Å². The quantitative estimate of drug-likeness (QED) is 0.434. The SMILES string of the molecule is COc1cccc(C(=O)N2CC(CN3CCN(c4ccccc4)CC3)C(c3cccc(C(F)(F)F)c3)C2)c1. The molecule has 0 saturated carbocycles. The number of hydrogen-bond acceptors (Lipinski definition) is 4. The molecular formula is C30H32F3N3O2. The van der Waals surface area contributed by atoms with Crippen LogP contribution in [0.1, 0.15) is 27.4 Å². The van der Waals surface area contributed by atoms with E-state index in [0.29, 0.717) is 30.0 Å². The normalized spacial score (nSPS) is 20.5. The van der Waals surface area contributed by atoms with Gasteiger partial charge in [-0.25, -0.2) is 0 Å². The molecule has 8 heteroatoms. The van der Waals surface area contributed by atoms with Crippen molar-refractivity contribution < 1.29 is 22.7 Å². The van der Waals surface area contributed by atoms with Gasteiger partial charge in [0.05, 0.1) is 12.7 Å². The number of carbonyl (C=O) groups is 1. The van der Waals surface area contributed by atoms with Gasteiger partial charge in [-0.1, -0.05) is 42.5 Å². The number of ether oxygens (including phenoxy) is 1. The van der Waals surface area contributed by atoms with E-state index >= 15 is 0 Å². The van der Waals surface area contributed by atoms with Crippen molar-refractivity contribution in [3.63, 3.8) is 0 Å². The van der Waals surface area contributed by atoms with Crippen molar-refractivity contribution in [2.45, 2.75) is 12.1 Å². The van der Waals surface area contributed by atoms with Crippen LogP contribution < -0.4 is 9.64 Å². The molecule has 200 valence electrons. The third-order valence-electron chi connectivity index (χ3n) is 7.67. The Hall–Kier alpha value is -3.52. The van der Waals surface area contributed by atoms with Gasteiger partial charge in [-0.05, 0) is 47.9 Å². The molecule has 2 heterocycles. The second kappa shape index (κ2) is 11.1. The predicted octanol–water partition coefficient (Wildman–Crippen LogP) is 5.39. The lowest BCUT2D eigenvalue weighted by Crippen LogP contribution is -2.48. The third kappa shape index (κ3) is 5.80. The molecule has 5 rings (SSSR count). The molecule has 3 aromatic rings. The molecule has 1 amide bonds. The van der Waals surface area contributed by atoms with Crippen LogP contribution in [0.2, 0.25) is 0 Å². The van der Waals surface area contributed by atoms with Crippen LogP contribution in [0.4, 0.5) is 18.9 Å². The van der Waals surface area contributed by atoms with Crippen LogP contribution in [-0.4, -0.2) is 68.6 Å². The van der Waals surface area contributed by atoms with Crippen LogP contribution in [0.25, 0.3) is 0 Å². The Morgan fingerprint density at radius 1 is 0.895 bits per heavy atom. The molecule has 2 aliphatic heterocycles. The summed E-state index contributed by atoms with van der Waals surface area (Å²) in [7, 11) is 1.55.